The van der Waals surface area contributed by atoms with Gasteiger partial charge in [-0.2, -0.15) is 0 Å². The minimum absolute atomic E-state index is 0.0474. The number of carbonyl (C=O) groups is 2. The van der Waals surface area contributed by atoms with E-state index in [-0.39, 0.29) is 28.6 Å². The number of ether oxygens (including phenoxy) is 1. The molecule has 4 heterocycles. The average molecular weight is 420 g/mol. The molecule has 0 atom stereocenters. The zero-order valence-electron chi connectivity index (χ0n) is 15.8. The molecule has 10 heteroatoms. The number of nitrogens with one attached hydrogen (secondary N) is 1. The second-order valence-corrected chi connectivity index (χ2v) is 7.43. The number of morpholine rings is 1. The predicted octanol–water partition coefficient (Wildman–Crippen LogP) is 1.59. The summed E-state index contributed by atoms with van der Waals surface area (Å²) >= 11 is 6.18. The third-order valence-corrected chi connectivity index (χ3v) is 5.40. The Kier molecular flexibility index (Phi) is 5.96. The SMILES string of the molecule is O=C(NC1CCN(C(=O)c2ccoc2)CC1)c1nc(N2CCOCC2)ncc1Cl. The van der Waals surface area contributed by atoms with Crippen molar-refractivity contribution in [1.29, 1.82) is 0 Å². The Hall–Kier alpha value is -2.65. The van der Waals surface area contributed by atoms with E-state index >= 15 is 0 Å². The molecule has 0 radical (unpaired) electrons. The number of nitrogens with zero attached hydrogens (tertiary/aromatic N) is 4. The third kappa shape index (κ3) is 4.51. The zero-order valence-corrected chi connectivity index (χ0v) is 16.6. The van der Waals surface area contributed by atoms with Crippen LogP contribution in [0.25, 0.3) is 0 Å². The normalized spacial score (nSPS) is 18.0. The lowest BCUT2D eigenvalue weighted by atomic mass is 10.0. The standard InChI is InChI=1S/C19H22ClN5O4/c20-15-11-21-19(25-6-9-28-10-7-25)23-16(15)17(26)22-14-1-4-24(5-2-14)18(27)13-3-8-29-12-13/h3,8,11-12,14H,1-2,4-7,9-10H2,(H,22,26). The second-order valence-electron chi connectivity index (χ2n) is 7.02. The number of halogens is 1. The predicted molar refractivity (Wildman–Crippen MR) is 105 cm³/mol. The van der Waals surface area contributed by atoms with Crippen LogP contribution in [0, 0.1) is 0 Å². The molecule has 9 nitrogen and oxygen atoms in total. The molecule has 0 unspecified atom stereocenters. The molecule has 2 amide bonds. The van der Waals surface area contributed by atoms with Crippen LogP contribution in [-0.4, -0.2) is 72.1 Å². The molecule has 2 saturated heterocycles. The maximum atomic E-state index is 12.7. The first-order chi connectivity index (χ1) is 14.1. The smallest absolute Gasteiger partial charge is 0.271 e. The number of rotatable bonds is 4. The molecule has 0 aliphatic carbocycles. The zero-order chi connectivity index (χ0) is 20.2. The molecular formula is C19H22ClN5O4. The molecule has 0 aromatic carbocycles. The first-order valence-corrected chi connectivity index (χ1v) is 9.97. The van der Waals surface area contributed by atoms with Crippen LogP contribution in [0.3, 0.4) is 0 Å². The number of hydrogen-bond acceptors (Lipinski definition) is 7. The summed E-state index contributed by atoms with van der Waals surface area (Å²) in [5.41, 5.74) is 0.705. The van der Waals surface area contributed by atoms with Crippen molar-refractivity contribution >= 4 is 29.4 Å². The van der Waals surface area contributed by atoms with Crippen molar-refractivity contribution < 1.29 is 18.7 Å². The van der Waals surface area contributed by atoms with E-state index in [1.54, 1.807) is 11.0 Å². The van der Waals surface area contributed by atoms with Crippen LogP contribution in [0.4, 0.5) is 5.95 Å². The summed E-state index contributed by atoms with van der Waals surface area (Å²) in [5.74, 6) is 0.0902. The van der Waals surface area contributed by atoms with Crippen LogP contribution in [-0.2, 0) is 4.74 Å². The molecule has 2 fully saturated rings. The van der Waals surface area contributed by atoms with Gasteiger partial charge >= 0.3 is 0 Å². The molecule has 0 spiro atoms. The maximum Gasteiger partial charge on any atom is 0.271 e. The maximum absolute atomic E-state index is 12.7. The monoisotopic (exact) mass is 419 g/mol. The van der Waals surface area contributed by atoms with Crippen molar-refractivity contribution in [3.05, 3.63) is 41.1 Å². The molecule has 0 bridgehead atoms. The van der Waals surface area contributed by atoms with Crippen molar-refractivity contribution in [2.45, 2.75) is 18.9 Å². The highest BCUT2D eigenvalue weighted by Crippen LogP contribution is 2.19. The number of anilines is 1. The fourth-order valence-electron chi connectivity index (χ4n) is 3.48. The quantitative estimate of drug-likeness (QED) is 0.803. The highest BCUT2D eigenvalue weighted by Gasteiger charge is 2.27. The van der Waals surface area contributed by atoms with Crippen molar-refractivity contribution in [3.63, 3.8) is 0 Å². The van der Waals surface area contributed by atoms with Gasteiger partial charge in [0.25, 0.3) is 11.8 Å². The summed E-state index contributed by atoms with van der Waals surface area (Å²) in [5, 5.41) is 3.20. The first kappa shape index (κ1) is 19.7. The molecule has 29 heavy (non-hydrogen) atoms. The van der Waals surface area contributed by atoms with Gasteiger partial charge in [0.2, 0.25) is 5.95 Å². The van der Waals surface area contributed by atoms with Crippen molar-refractivity contribution in [2.75, 3.05) is 44.3 Å². The fraction of sp³-hybridized carbons (Fsp3) is 0.474. The molecule has 2 aromatic heterocycles. The average Bonchev–Trinajstić information content (AvgIpc) is 3.29. The van der Waals surface area contributed by atoms with E-state index < -0.39 is 0 Å². The number of amides is 2. The lowest BCUT2D eigenvalue weighted by molar-refractivity contribution is 0.0697. The molecule has 2 aliphatic rings. The Morgan fingerprint density at radius 1 is 1.17 bits per heavy atom. The summed E-state index contributed by atoms with van der Waals surface area (Å²) in [6, 6.07) is 1.60. The number of piperidine rings is 1. The van der Waals surface area contributed by atoms with Gasteiger partial charge in [-0.05, 0) is 18.9 Å². The number of furan rings is 1. The molecule has 2 aliphatic heterocycles. The van der Waals surface area contributed by atoms with Gasteiger partial charge in [-0.1, -0.05) is 11.6 Å². The van der Waals surface area contributed by atoms with E-state index in [0.717, 1.165) is 0 Å². The Morgan fingerprint density at radius 2 is 1.93 bits per heavy atom. The van der Waals surface area contributed by atoms with Crippen LogP contribution >= 0.6 is 11.6 Å². The molecule has 0 saturated carbocycles. The Morgan fingerprint density at radius 3 is 2.62 bits per heavy atom. The summed E-state index contributed by atoms with van der Waals surface area (Å²) in [6.45, 7) is 3.67. The topological polar surface area (TPSA) is 101 Å². The van der Waals surface area contributed by atoms with Crippen LogP contribution in [0.1, 0.15) is 33.7 Å². The minimum atomic E-state index is -0.327. The van der Waals surface area contributed by atoms with Gasteiger partial charge in [0.1, 0.15) is 6.26 Å². The highest BCUT2D eigenvalue weighted by atomic mass is 35.5. The van der Waals surface area contributed by atoms with Crippen molar-refractivity contribution in [2.24, 2.45) is 0 Å². The minimum Gasteiger partial charge on any atom is -0.472 e. The van der Waals surface area contributed by atoms with E-state index in [2.05, 4.69) is 15.3 Å². The van der Waals surface area contributed by atoms with E-state index in [1.165, 1.54) is 18.7 Å². The highest BCUT2D eigenvalue weighted by molar-refractivity contribution is 6.33. The summed E-state index contributed by atoms with van der Waals surface area (Å²) in [6.07, 6.45) is 5.71. The fourth-order valence-corrected chi connectivity index (χ4v) is 3.66. The Bertz CT molecular complexity index is 861. The molecular weight excluding hydrogens is 398 g/mol. The molecule has 154 valence electrons. The molecule has 4 rings (SSSR count). The van der Waals surface area contributed by atoms with Gasteiger partial charge in [0, 0.05) is 32.2 Å². The largest absolute Gasteiger partial charge is 0.472 e. The van der Waals surface area contributed by atoms with Gasteiger partial charge in [0.05, 0.1) is 36.3 Å². The Labute approximate surface area is 173 Å². The molecule has 1 N–H and O–H groups in total. The van der Waals surface area contributed by atoms with Crippen molar-refractivity contribution in [1.82, 2.24) is 20.2 Å². The van der Waals surface area contributed by atoms with E-state index in [4.69, 9.17) is 20.8 Å². The van der Waals surface area contributed by atoms with Crippen LogP contribution in [0.5, 0.6) is 0 Å². The first-order valence-electron chi connectivity index (χ1n) is 9.59. The van der Waals surface area contributed by atoms with Gasteiger partial charge in [0.15, 0.2) is 5.69 Å². The van der Waals surface area contributed by atoms with Gasteiger partial charge in [-0.25, -0.2) is 9.97 Å². The third-order valence-electron chi connectivity index (χ3n) is 5.13. The van der Waals surface area contributed by atoms with E-state index in [0.29, 0.717) is 63.7 Å². The Balaban J connectivity index is 1.35. The summed E-state index contributed by atoms with van der Waals surface area (Å²) < 4.78 is 10.3. The van der Waals surface area contributed by atoms with E-state index in [1.807, 2.05) is 4.90 Å². The summed E-state index contributed by atoms with van der Waals surface area (Å²) in [7, 11) is 0. The number of likely N-dealkylation sites (tertiary alicyclic amines) is 1. The van der Waals surface area contributed by atoms with Gasteiger partial charge in [-0.3, -0.25) is 9.59 Å². The van der Waals surface area contributed by atoms with Crippen LogP contribution in [0.15, 0.2) is 29.2 Å². The molecule has 2 aromatic rings. The number of carbonyl (C=O) groups excluding carboxylic acids is 2. The van der Waals surface area contributed by atoms with Crippen LogP contribution < -0.4 is 10.2 Å². The second kappa shape index (κ2) is 8.79. The van der Waals surface area contributed by atoms with Crippen LogP contribution in [0.2, 0.25) is 5.02 Å². The van der Waals surface area contributed by atoms with Crippen molar-refractivity contribution in [3.8, 4) is 0 Å². The number of aromatic nitrogens is 2. The lowest BCUT2D eigenvalue weighted by Gasteiger charge is -2.32. The summed E-state index contributed by atoms with van der Waals surface area (Å²) in [4.78, 5) is 37.5. The lowest BCUT2D eigenvalue weighted by Crippen LogP contribution is -2.46. The van der Waals surface area contributed by atoms with Gasteiger partial charge in [-0.15, -0.1) is 0 Å². The van der Waals surface area contributed by atoms with E-state index in [9.17, 15) is 9.59 Å². The van der Waals surface area contributed by atoms with Gasteiger partial charge < -0.3 is 24.3 Å². The number of hydrogen-bond donors (Lipinski definition) is 1.